The second-order valence-corrected chi connectivity index (χ2v) is 5.14. The lowest BCUT2D eigenvalue weighted by atomic mass is 9.91. The van der Waals surface area contributed by atoms with E-state index in [0.717, 1.165) is 11.3 Å². The predicted octanol–water partition coefficient (Wildman–Crippen LogP) is 1.62. The molecule has 2 rings (SSSR count). The van der Waals surface area contributed by atoms with E-state index < -0.39 is 0 Å². The van der Waals surface area contributed by atoms with Gasteiger partial charge < -0.3 is 9.84 Å². The predicted molar refractivity (Wildman–Crippen MR) is 71.3 cm³/mol. The van der Waals surface area contributed by atoms with E-state index in [2.05, 4.69) is 23.8 Å². The minimum Gasteiger partial charge on any atom is -0.491 e. The molecular weight excluding hydrogens is 228 g/mol. The summed E-state index contributed by atoms with van der Waals surface area (Å²) in [4.78, 5) is 0. The second kappa shape index (κ2) is 5.69. The Morgan fingerprint density at radius 2 is 2.11 bits per heavy atom. The summed E-state index contributed by atoms with van der Waals surface area (Å²) in [6.45, 7) is 6.27. The zero-order valence-corrected chi connectivity index (χ0v) is 11.2. The zero-order valence-electron chi connectivity index (χ0n) is 11.2. The molecule has 0 spiro atoms. The van der Waals surface area contributed by atoms with Gasteiger partial charge in [0.05, 0.1) is 12.1 Å². The molecule has 1 aromatic rings. The first kappa shape index (κ1) is 13.3. The number of nitrogens with one attached hydrogen (secondary N) is 2. The van der Waals surface area contributed by atoms with Crippen molar-refractivity contribution in [1.82, 2.24) is 10.9 Å². The summed E-state index contributed by atoms with van der Waals surface area (Å²) in [6.07, 6.45) is 0.169. The Morgan fingerprint density at radius 3 is 2.78 bits per heavy atom. The van der Waals surface area contributed by atoms with Gasteiger partial charge in [-0.3, -0.25) is 5.43 Å². The van der Waals surface area contributed by atoms with Crippen LogP contribution in [0.25, 0.3) is 0 Å². The fraction of sp³-hybridized carbons (Fsp3) is 0.571. The van der Waals surface area contributed by atoms with E-state index in [1.165, 1.54) is 0 Å². The van der Waals surface area contributed by atoms with Gasteiger partial charge in [-0.05, 0) is 38.5 Å². The third-order valence-electron chi connectivity index (χ3n) is 3.34. The molecule has 0 aliphatic carbocycles. The van der Waals surface area contributed by atoms with Crippen LogP contribution in [-0.4, -0.2) is 23.9 Å². The van der Waals surface area contributed by atoms with Gasteiger partial charge in [0.1, 0.15) is 5.75 Å². The summed E-state index contributed by atoms with van der Waals surface area (Å²) in [7, 11) is 0. The van der Waals surface area contributed by atoms with Crippen molar-refractivity contribution in [3.8, 4) is 5.75 Å². The van der Waals surface area contributed by atoms with Crippen molar-refractivity contribution in [2.24, 2.45) is 5.92 Å². The molecule has 1 fully saturated rings. The van der Waals surface area contributed by atoms with E-state index in [4.69, 9.17) is 4.74 Å². The molecule has 3 N–H and O–H groups in total. The summed E-state index contributed by atoms with van der Waals surface area (Å²) in [6, 6.07) is 8.44. The van der Waals surface area contributed by atoms with Gasteiger partial charge in [0.15, 0.2) is 0 Å². The Balaban J connectivity index is 2.17. The number of ether oxygens (including phenoxy) is 1. The molecule has 18 heavy (non-hydrogen) atoms. The topological polar surface area (TPSA) is 53.5 Å². The lowest BCUT2D eigenvalue weighted by Gasteiger charge is -2.20. The van der Waals surface area contributed by atoms with Crippen molar-refractivity contribution in [2.75, 3.05) is 6.61 Å². The quantitative estimate of drug-likeness (QED) is 0.760. The van der Waals surface area contributed by atoms with Crippen molar-refractivity contribution in [3.05, 3.63) is 29.8 Å². The molecule has 4 heteroatoms. The number of rotatable bonds is 4. The van der Waals surface area contributed by atoms with Gasteiger partial charge in [0.2, 0.25) is 0 Å². The molecule has 1 heterocycles. The molecule has 4 nitrogen and oxygen atoms in total. The van der Waals surface area contributed by atoms with Crippen LogP contribution in [0.3, 0.4) is 0 Å². The first-order valence-corrected chi connectivity index (χ1v) is 6.50. The van der Waals surface area contributed by atoms with Gasteiger partial charge in [-0.15, -0.1) is 0 Å². The minimum atomic E-state index is 0.126. The molecule has 0 amide bonds. The van der Waals surface area contributed by atoms with E-state index in [0.29, 0.717) is 0 Å². The van der Waals surface area contributed by atoms with Crippen LogP contribution in [0.15, 0.2) is 24.3 Å². The van der Waals surface area contributed by atoms with E-state index in [1.54, 1.807) is 0 Å². The van der Waals surface area contributed by atoms with Crippen LogP contribution in [-0.2, 0) is 0 Å². The van der Waals surface area contributed by atoms with E-state index in [-0.39, 0.29) is 30.7 Å². The summed E-state index contributed by atoms with van der Waals surface area (Å²) in [5, 5.41) is 9.47. The fourth-order valence-electron chi connectivity index (χ4n) is 2.37. The Labute approximate surface area is 108 Å². The molecule has 0 aromatic heterocycles. The third-order valence-corrected chi connectivity index (χ3v) is 3.34. The maximum absolute atomic E-state index is 9.47. The molecule has 1 aliphatic rings. The van der Waals surface area contributed by atoms with E-state index in [1.807, 2.05) is 32.0 Å². The smallest absolute Gasteiger partial charge is 0.120 e. The van der Waals surface area contributed by atoms with Crippen LogP contribution in [0.5, 0.6) is 5.75 Å². The average Bonchev–Trinajstić information content (AvgIpc) is 2.70. The number of hydrazine groups is 1. The Bertz CT molecular complexity index is 395. The highest BCUT2D eigenvalue weighted by atomic mass is 16.5. The molecule has 1 aliphatic heterocycles. The van der Waals surface area contributed by atoms with Gasteiger partial charge in [-0.25, -0.2) is 5.43 Å². The minimum absolute atomic E-state index is 0.126. The van der Waals surface area contributed by atoms with Crippen molar-refractivity contribution in [2.45, 2.75) is 39.0 Å². The molecule has 0 radical (unpaired) electrons. The van der Waals surface area contributed by atoms with Crippen molar-refractivity contribution in [1.29, 1.82) is 0 Å². The Kier molecular flexibility index (Phi) is 4.22. The van der Waals surface area contributed by atoms with Gasteiger partial charge in [0.25, 0.3) is 0 Å². The maximum Gasteiger partial charge on any atom is 0.120 e. The van der Waals surface area contributed by atoms with Crippen LogP contribution in [0.4, 0.5) is 0 Å². The Morgan fingerprint density at radius 1 is 1.33 bits per heavy atom. The third kappa shape index (κ3) is 2.83. The monoisotopic (exact) mass is 250 g/mol. The average molecular weight is 250 g/mol. The van der Waals surface area contributed by atoms with Gasteiger partial charge in [-0.2, -0.15) is 0 Å². The summed E-state index contributed by atoms with van der Waals surface area (Å²) in [5.74, 6) is 1.06. The maximum atomic E-state index is 9.47. The molecular formula is C14H22N2O2. The fourth-order valence-corrected chi connectivity index (χ4v) is 2.37. The summed E-state index contributed by atoms with van der Waals surface area (Å²) < 4.78 is 5.70. The van der Waals surface area contributed by atoms with Gasteiger partial charge in [-0.1, -0.05) is 12.1 Å². The second-order valence-electron chi connectivity index (χ2n) is 5.14. The highest BCUT2D eigenvalue weighted by Gasteiger charge is 2.33. The van der Waals surface area contributed by atoms with Gasteiger partial charge in [0, 0.05) is 18.6 Å². The first-order chi connectivity index (χ1) is 8.61. The molecule has 0 bridgehead atoms. The summed E-state index contributed by atoms with van der Waals surface area (Å²) >= 11 is 0. The van der Waals surface area contributed by atoms with Crippen molar-refractivity contribution >= 4 is 0 Å². The lowest BCUT2D eigenvalue weighted by Crippen LogP contribution is -2.29. The highest BCUT2D eigenvalue weighted by molar-refractivity contribution is 5.31. The van der Waals surface area contributed by atoms with Crippen molar-refractivity contribution < 1.29 is 9.84 Å². The molecule has 1 saturated heterocycles. The van der Waals surface area contributed by atoms with Crippen LogP contribution in [0.2, 0.25) is 0 Å². The standard InChI is InChI=1S/C14H22N2O2/c1-9(2)18-12-6-4-5-11(7-12)14-13(8-17)10(3)15-16-14/h4-7,9-10,13-17H,8H2,1-3H3. The van der Waals surface area contributed by atoms with Gasteiger partial charge >= 0.3 is 0 Å². The Hall–Kier alpha value is -1.10. The number of hydrogen-bond donors (Lipinski definition) is 3. The largest absolute Gasteiger partial charge is 0.491 e. The van der Waals surface area contributed by atoms with Crippen LogP contribution >= 0.6 is 0 Å². The van der Waals surface area contributed by atoms with Crippen LogP contribution in [0, 0.1) is 5.92 Å². The van der Waals surface area contributed by atoms with Crippen LogP contribution in [0.1, 0.15) is 32.4 Å². The normalized spacial score (nSPS) is 27.7. The zero-order chi connectivity index (χ0) is 13.1. The number of aliphatic hydroxyl groups is 1. The van der Waals surface area contributed by atoms with Crippen molar-refractivity contribution in [3.63, 3.8) is 0 Å². The molecule has 3 atom stereocenters. The highest BCUT2D eigenvalue weighted by Crippen LogP contribution is 2.30. The number of aliphatic hydroxyl groups excluding tert-OH is 1. The number of benzene rings is 1. The molecule has 3 unspecified atom stereocenters. The lowest BCUT2D eigenvalue weighted by molar-refractivity contribution is 0.204. The van der Waals surface area contributed by atoms with E-state index >= 15 is 0 Å². The molecule has 0 saturated carbocycles. The molecule has 1 aromatic carbocycles. The number of hydrogen-bond acceptors (Lipinski definition) is 4. The van der Waals surface area contributed by atoms with E-state index in [9.17, 15) is 5.11 Å². The van der Waals surface area contributed by atoms with Crippen LogP contribution < -0.4 is 15.6 Å². The summed E-state index contributed by atoms with van der Waals surface area (Å²) in [5.41, 5.74) is 7.56. The first-order valence-electron chi connectivity index (χ1n) is 6.50. The SMILES string of the molecule is CC(C)Oc1cccc(C2NNC(C)C2CO)c1. The molecule has 100 valence electrons.